The van der Waals surface area contributed by atoms with Crippen molar-refractivity contribution in [2.45, 2.75) is 32.4 Å². The van der Waals surface area contributed by atoms with Gasteiger partial charge in [0.15, 0.2) is 0 Å². The fraction of sp³-hybridized carbons (Fsp3) is 0.500. The standard InChI is InChI=1S/C16H21N3O2/c1-12-10-19(14-6-3-2-5-13(14)9-17-12)16(21)11-18-8-4-7-15(18)20/h2-3,5-6,12,17H,4,7-11H2,1H3. The molecule has 1 unspecified atom stereocenters. The third-order valence-corrected chi connectivity index (χ3v) is 4.18. The molecule has 5 nitrogen and oxygen atoms in total. The zero-order valence-electron chi connectivity index (χ0n) is 12.3. The van der Waals surface area contributed by atoms with Crippen LogP contribution in [0.15, 0.2) is 24.3 Å². The van der Waals surface area contributed by atoms with Gasteiger partial charge in [0.2, 0.25) is 11.8 Å². The number of rotatable bonds is 2. The molecule has 0 spiro atoms. The molecule has 1 saturated heterocycles. The Bertz CT molecular complexity index is 558. The van der Waals surface area contributed by atoms with E-state index in [1.54, 1.807) is 4.90 Å². The van der Waals surface area contributed by atoms with E-state index in [1.807, 2.05) is 29.2 Å². The Morgan fingerprint density at radius 1 is 1.38 bits per heavy atom. The average molecular weight is 287 g/mol. The van der Waals surface area contributed by atoms with Crippen molar-refractivity contribution in [1.82, 2.24) is 10.2 Å². The van der Waals surface area contributed by atoms with Crippen LogP contribution in [0.1, 0.15) is 25.3 Å². The number of benzene rings is 1. The lowest BCUT2D eigenvalue weighted by Crippen LogP contribution is -2.45. The molecule has 0 radical (unpaired) electrons. The Morgan fingerprint density at radius 2 is 2.19 bits per heavy atom. The number of nitrogens with zero attached hydrogens (tertiary/aromatic N) is 2. The molecule has 0 aliphatic carbocycles. The molecule has 3 rings (SSSR count). The number of carbonyl (C=O) groups is 2. The molecular weight excluding hydrogens is 266 g/mol. The van der Waals surface area contributed by atoms with Crippen LogP contribution in [0.25, 0.3) is 0 Å². The van der Waals surface area contributed by atoms with E-state index >= 15 is 0 Å². The van der Waals surface area contributed by atoms with Gasteiger partial charge in [0, 0.05) is 37.8 Å². The van der Waals surface area contributed by atoms with Gasteiger partial charge < -0.3 is 15.1 Å². The number of anilines is 1. The first-order valence-corrected chi connectivity index (χ1v) is 7.54. The lowest BCUT2D eigenvalue weighted by atomic mass is 10.1. The van der Waals surface area contributed by atoms with E-state index in [9.17, 15) is 9.59 Å². The molecule has 2 aliphatic heterocycles. The highest BCUT2D eigenvalue weighted by Gasteiger charge is 2.28. The van der Waals surface area contributed by atoms with Crippen molar-refractivity contribution in [1.29, 1.82) is 0 Å². The van der Waals surface area contributed by atoms with Gasteiger partial charge in [-0.05, 0) is 25.0 Å². The minimum atomic E-state index is 0.00764. The number of nitrogens with one attached hydrogen (secondary N) is 1. The highest BCUT2D eigenvalue weighted by molar-refractivity contribution is 5.97. The summed E-state index contributed by atoms with van der Waals surface area (Å²) in [7, 11) is 0. The first-order valence-electron chi connectivity index (χ1n) is 7.54. The molecule has 0 saturated carbocycles. The summed E-state index contributed by atoms with van der Waals surface area (Å²) in [5, 5.41) is 3.41. The molecule has 21 heavy (non-hydrogen) atoms. The van der Waals surface area contributed by atoms with E-state index in [1.165, 1.54) is 0 Å². The van der Waals surface area contributed by atoms with Gasteiger partial charge in [0.1, 0.15) is 6.54 Å². The maximum Gasteiger partial charge on any atom is 0.246 e. The van der Waals surface area contributed by atoms with Gasteiger partial charge in [-0.3, -0.25) is 9.59 Å². The second kappa shape index (κ2) is 5.85. The van der Waals surface area contributed by atoms with Crippen LogP contribution in [-0.2, 0) is 16.1 Å². The molecule has 112 valence electrons. The third-order valence-electron chi connectivity index (χ3n) is 4.18. The van der Waals surface area contributed by atoms with Gasteiger partial charge in [0.05, 0.1) is 0 Å². The van der Waals surface area contributed by atoms with Gasteiger partial charge in [-0.25, -0.2) is 0 Å². The molecule has 1 aromatic carbocycles. The molecule has 1 fully saturated rings. The average Bonchev–Trinajstić information content (AvgIpc) is 2.79. The summed E-state index contributed by atoms with van der Waals surface area (Å²) in [6, 6.07) is 8.20. The molecular formula is C16H21N3O2. The van der Waals surface area contributed by atoms with Crippen LogP contribution in [0, 0.1) is 0 Å². The monoisotopic (exact) mass is 287 g/mol. The molecule has 2 heterocycles. The Kier molecular flexibility index (Phi) is 3.92. The maximum absolute atomic E-state index is 12.7. The first-order chi connectivity index (χ1) is 10.1. The first kappa shape index (κ1) is 14.1. The Labute approximate surface area is 124 Å². The molecule has 5 heteroatoms. The van der Waals surface area contributed by atoms with Gasteiger partial charge in [0.25, 0.3) is 0 Å². The fourth-order valence-electron chi connectivity index (χ4n) is 3.00. The number of hydrogen-bond acceptors (Lipinski definition) is 3. The van der Waals surface area contributed by atoms with Crippen molar-refractivity contribution in [2.75, 3.05) is 24.5 Å². The van der Waals surface area contributed by atoms with E-state index < -0.39 is 0 Å². The van der Waals surface area contributed by atoms with Crippen molar-refractivity contribution in [3.05, 3.63) is 29.8 Å². The van der Waals surface area contributed by atoms with Crippen LogP contribution in [0.4, 0.5) is 5.69 Å². The second-order valence-electron chi connectivity index (χ2n) is 5.83. The van der Waals surface area contributed by atoms with Crippen molar-refractivity contribution in [3.63, 3.8) is 0 Å². The Morgan fingerprint density at radius 3 is 2.95 bits per heavy atom. The predicted molar refractivity (Wildman–Crippen MR) is 80.9 cm³/mol. The summed E-state index contributed by atoms with van der Waals surface area (Å²) >= 11 is 0. The molecule has 2 aliphatic rings. The quantitative estimate of drug-likeness (QED) is 0.887. The molecule has 2 amide bonds. The summed E-state index contributed by atoms with van der Waals surface area (Å²) in [6.07, 6.45) is 1.43. The van der Waals surface area contributed by atoms with Crippen LogP contribution in [0.2, 0.25) is 0 Å². The van der Waals surface area contributed by atoms with Crippen molar-refractivity contribution in [2.24, 2.45) is 0 Å². The van der Waals surface area contributed by atoms with Crippen LogP contribution in [0.5, 0.6) is 0 Å². The number of amides is 2. The van der Waals surface area contributed by atoms with E-state index in [-0.39, 0.29) is 24.4 Å². The Hall–Kier alpha value is -1.88. The number of likely N-dealkylation sites (tertiary alicyclic amines) is 1. The third kappa shape index (κ3) is 2.93. The van der Waals surface area contributed by atoms with Crippen molar-refractivity contribution < 1.29 is 9.59 Å². The lowest BCUT2D eigenvalue weighted by molar-refractivity contribution is -0.132. The summed E-state index contributed by atoms with van der Waals surface area (Å²) in [6.45, 7) is 4.38. The van der Waals surface area contributed by atoms with E-state index in [4.69, 9.17) is 0 Å². The van der Waals surface area contributed by atoms with Gasteiger partial charge >= 0.3 is 0 Å². The Balaban J connectivity index is 1.81. The normalized spacial score (nSPS) is 22.1. The number of fused-ring (bicyclic) bond motifs is 1. The second-order valence-corrected chi connectivity index (χ2v) is 5.83. The molecule has 0 bridgehead atoms. The van der Waals surface area contributed by atoms with Gasteiger partial charge in [-0.15, -0.1) is 0 Å². The highest BCUT2D eigenvalue weighted by Crippen LogP contribution is 2.24. The molecule has 1 aromatic rings. The summed E-state index contributed by atoms with van der Waals surface area (Å²) in [5.74, 6) is 0.103. The van der Waals surface area contributed by atoms with E-state index in [2.05, 4.69) is 12.2 Å². The fourth-order valence-corrected chi connectivity index (χ4v) is 3.00. The topological polar surface area (TPSA) is 52.7 Å². The predicted octanol–water partition coefficient (Wildman–Crippen LogP) is 1.13. The molecule has 1 N–H and O–H groups in total. The van der Waals surface area contributed by atoms with Crippen LogP contribution in [-0.4, -0.2) is 42.4 Å². The van der Waals surface area contributed by atoms with Crippen molar-refractivity contribution in [3.8, 4) is 0 Å². The highest BCUT2D eigenvalue weighted by atomic mass is 16.2. The van der Waals surface area contributed by atoms with E-state index in [0.29, 0.717) is 19.5 Å². The van der Waals surface area contributed by atoms with Crippen LogP contribution in [0.3, 0.4) is 0 Å². The summed E-state index contributed by atoms with van der Waals surface area (Å²) < 4.78 is 0. The summed E-state index contributed by atoms with van der Waals surface area (Å²) in [5.41, 5.74) is 2.09. The van der Waals surface area contributed by atoms with Crippen LogP contribution >= 0.6 is 0 Å². The van der Waals surface area contributed by atoms with Crippen molar-refractivity contribution >= 4 is 17.5 Å². The van der Waals surface area contributed by atoms with E-state index in [0.717, 1.165) is 24.2 Å². The minimum absolute atomic E-state index is 0.00764. The largest absolute Gasteiger partial charge is 0.333 e. The van der Waals surface area contributed by atoms with Crippen LogP contribution < -0.4 is 10.2 Å². The van der Waals surface area contributed by atoms with Gasteiger partial charge in [-0.1, -0.05) is 18.2 Å². The zero-order valence-corrected chi connectivity index (χ0v) is 12.3. The zero-order chi connectivity index (χ0) is 14.8. The smallest absolute Gasteiger partial charge is 0.246 e. The van der Waals surface area contributed by atoms with Gasteiger partial charge in [-0.2, -0.15) is 0 Å². The maximum atomic E-state index is 12.7. The lowest BCUT2D eigenvalue weighted by Gasteiger charge is -2.26. The number of carbonyl (C=O) groups excluding carboxylic acids is 2. The molecule has 0 aromatic heterocycles. The summed E-state index contributed by atoms with van der Waals surface area (Å²) in [4.78, 5) is 27.9. The number of hydrogen-bond donors (Lipinski definition) is 1. The number of para-hydroxylation sites is 1. The molecule has 1 atom stereocenters. The SMILES string of the molecule is CC1CN(C(=O)CN2CCCC2=O)c2ccccc2CN1. The minimum Gasteiger partial charge on any atom is -0.333 e.